The maximum absolute atomic E-state index is 12.3. The van der Waals surface area contributed by atoms with Gasteiger partial charge in [-0.15, -0.1) is 0 Å². The molecule has 2 heterocycles. The van der Waals surface area contributed by atoms with Crippen LogP contribution in [-0.2, 0) is 17.8 Å². The predicted octanol–water partition coefficient (Wildman–Crippen LogP) is 2.25. The molecule has 1 atom stereocenters. The minimum atomic E-state index is -0.221. The van der Waals surface area contributed by atoms with E-state index < -0.39 is 0 Å². The number of hydrogen-bond acceptors (Lipinski definition) is 4. The maximum Gasteiger partial charge on any atom is 0.270 e. The highest BCUT2D eigenvalue weighted by Gasteiger charge is 2.23. The van der Waals surface area contributed by atoms with E-state index in [-0.39, 0.29) is 23.9 Å². The van der Waals surface area contributed by atoms with Crippen LogP contribution in [0.4, 0.5) is 0 Å². The van der Waals surface area contributed by atoms with Gasteiger partial charge in [0.2, 0.25) is 5.91 Å². The molecule has 1 fully saturated rings. The van der Waals surface area contributed by atoms with Crippen molar-refractivity contribution >= 4 is 16.9 Å². The van der Waals surface area contributed by atoms with Gasteiger partial charge in [-0.1, -0.05) is 42.5 Å². The lowest BCUT2D eigenvalue weighted by Gasteiger charge is -2.16. The molecular weight excluding hydrogens is 352 g/mol. The third-order valence-electron chi connectivity index (χ3n) is 5.15. The Morgan fingerprint density at radius 1 is 1.14 bits per heavy atom. The smallest absolute Gasteiger partial charge is 0.270 e. The number of benzene rings is 2. The topological polar surface area (TPSA) is 78.1 Å². The Morgan fingerprint density at radius 2 is 1.93 bits per heavy atom. The van der Waals surface area contributed by atoms with Gasteiger partial charge >= 0.3 is 0 Å². The number of aromatic nitrogens is 2. The second kappa shape index (κ2) is 8.35. The van der Waals surface area contributed by atoms with E-state index in [0.29, 0.717) is 17.6 Å². The van der Waals surface area contributed by atoms with Crippen molar-refractivity contribution in [3.63, 3.8) is 0 Å². The number of aryl methyl sites for hydroxylation is 1. The summed E-state index contributed by atoms with van der Waals surface area (Å²) in [5.41, 5.74) is 2.93. The molecule has 0 aliphatic carbocycles. The van der Waals surface area contributed by atoms with Crippen LogP contribution in [0, 0.1) is 0 Å². The third kappa shape index (κ3) is 4.46. The highest BCUT2D eigenvalue weighted by Crippen LogP contribution is 2.14. The first kappa shape index (κ1) is 18.4. The zero-order chi connectivity index (χ0) is 19.3. The van der Waals surface area contributed by atoms with Crippen LogP contribution in [0.5, 0.6) is 0 Å². The number of H-pyrrole nitrogens is 1. The van der Waals surface area contributed by atoms with Crippen LogP contribution >= 0.6 is 0 Å². The molecule has 1 amide bonds. The van der Waals surface area contributed by atoms with E-state index in [2.05, 4.69) is 32.3 Å². The molecule has 3 aromatic rings. The summed E-state index contributed by atoms with van der Waals surface area (Å²) in [6.45, 7) is 2.74. The normalized spacial score (nSPS) is 17.1. The van der Waals surface area contributed by atoms with Crippen molar-refractivity contribution in [2.75, 3.05) is 13.1 Å². The van der Waals surface area contributed by atoms with E-state index in [9.17, 15) is 9.59 Å². The van der Waals surface area contributed by atoms with E-state index in [1.807, 2.05) is 42.5 Å². The number of carbonyl (C=O) groups is 1. The molecule has 2 aromatic carbocycles. The van der Waals surface area contributed by atoms with Crippen LogP contribution in [0.25, 0.3) is 11.0 Å². The molecule has 0 spiro atoms. The lowest BCUT2D eigenvalue weighted by molar-refractivity contribution is -0.121. The standard InChI is InChI=1S/C22H24N4O2/c27-21(11-10-20-22(28)25-19-9-5-4-8-18(19)24-20)23-17-12-13-26(15-17)14-16-6-2-1-3-7-16/h1-9,17H,10-15H2,(H,23,27)(H,25,28)/t17-/m0/s1. The first-order valence-electron chi connectivity index (χ1n) is 9.71. The number of amides is 1. The van der Waals surface area contributed by atoms with Crippen molar-refractivity contribution in [2.24, 2.45) is 0 Å². The average Bonchev–Trinajstić information content (AvgIpc) is 3.13. The van der Waals surface area contributed by atoms with Crippen molar-refractivity contribution in [3.8, 4) is 0 Å². The monoisotopic (exact) mass is 376 g/mol. The number of likely N-dealkylation sites (tertiary alicyclic amines) is 1. The number of aromatic amines is 1. The van der Waals surface area contributed by atoms with E-state index in [4.69, 9.17) is 0 Å². The quantitative estimate of drug-likeness (QED) is 0.692. The number of nitrogens with zero attached hydrogens (tertiary/aromatic N) is 2. The van der Waals surface area contributed by atoms with Crippen LogP contribution in [-0.4, -0.2) is 39.9 Å². The zero-order valence-electron chi connectivity index (χ0n) is 15.7. The molecule has 0 unspecified atom stereocenters. The lowest BCUT2D eigenvalue weighted by Crippen LogP contribution is -2.37. The van der Waals surface area contributed by atoms with Gasteiger partial charge < -0.3 is 10.3 Å². The summed E-state index contributed by atoms with van der Waals surface area (Å²) < 4.78 is 0. The van der Waals surface area contributed by atoms with Crippen LogP contribution < -0.4 is 10.9 Å². The highest BCUT2D eigenvalue weighted by atomic mass is 16.1. The Bertz CT molecular complexity index is 1020. The fourth-order valence-corrected chi connectivity index (χ4v) is 3.70. The second-order valence-corrected chi connectivity index (χ2v) is 7.30. The van der Waals surface area contributed by atoms with E-state index in [1.54, 1.807) is 0 Å². The number of fused-ring (bicyclic) bond motifs is 1. The minimum absolute atomic E-state index is 0.0269. The van der Waals surface area contributed by atoms with E-state index >= 15 is 0 Å². The maximum atomic E-state index is 12.3. The molecule has 144 valence electrons. The predicted molar refractivity (Wildman–Crippen MR) is 109 cm³/mol. The van der Waals surface area contributed by atoms with Gasteiger partial charge in [-0.2, -0.15) is 0 Å². The number of rotatable bonds is 6. The number of para-hydroxylation sites is 2. The number of nitrogens with one attached hydrogen (secondary N) is 2. The highest BCUT2D eigenvalue weighted by molar-refractivity contribution is 5.77. The van der Waals surface area contributed by atoms with Gasteiger partial charge in [-0.05, 0) is 24.1 Å². The van der Waals surface area contributed by atoms with E-state index in [0.717, 1.165) is 31.6 Å². The van der Waals surface area contributed by atoms with Gasteiger partial charge in [0.25, 0.3) is 5.56 Å². The SMILES string of the molecule is O=C(CCc1nc2ccccc2[nH]c1=O)N[C@H]1CCN(Cc2ccccc2)C1. The fourth-order valence-electron chi connectivity index (χ4n) is 3.70. The van der Waals surface area contributed by atoms with Gasteiger partial charge in [-0.3, -0.25) is 14.5 Å². The lowest BCUT2D eigenvalue weighted by atomic mass is 10.2. The van der Waals surface area contributed by atoms with Crippen LogP contribution in [0.1, 0.15) is 24.1 Å². The summed E-state index contributed by atoms with van der Waals surface area (Å²) in [6.07, 6.45) is 1.56. The van der Waals surface area contributed by atoms with E-state index in [1.165, 1.54) is 5.56 Å². The molecular formula is C22H24N4O2. The largest absolute Gasteiger partial charge is 0.352 e. The second-order valence-electron chi connectivity index (χ2n) is 7.30. The summed E-state index contributed by atoms with van der Waals surface area (Å²) in [4.78, 5) is 34.1. The molecule has 6 nitrogen and oxygen atoms in total. The minimum Gasteiger partial charge on any atom is -0.352 e. The van der Waals surface area contributed by atoms with Crippen LogP contribution in [0.2, 0.25) is 0 Å². The summed E-state index contributed by atoms with van der Waals surface area (Å²) in [5, 5.41) is 3.10. The number of carbonyl (C=O) groups excluding carboxylic acids is 1. The van der Waals surface area contributed by atoms with Crippen molar-refractivity contribution in [1.82, 2.24) is 20.2 Å². The first-order chi connectivity index (χ1) is 13.7. The molecule has 1 saturated heterocycles. The summed E-state index contributed by atoms with van der Waals surface area (Å²) >= 11 is 0. The molecule has 1 aliphatic heterocycles. The Hall–Kier alpha value is -2.99. The summed E-state index contributed by atoms with van der Waals surface area (Å²) in [5.74, 6) is -0.0269. The fraction of sp³-hybridized carbons (Fsp3) is 0.318. The molecule has 1 aromatic heterocycles. The Labute approximate surface area is 163 Å². The van der Waals surface area contributed by atoms with Crippen LogP contribution in [0.3, 0.4) is 0 Å². The summed E-state index contributed by atoms with van der Waals surface area (Å²) in [7, 11) is 0. The Balaban J connectivity index is 1.28. The van der Waals surface area contributed by atoms with Crippen molar-refractivity contribution in [1.29, 1.82) is 0 Å². The van der Waals surface area contributed by atoms with Gasteiger partial charge in [-0.25, -0.2) is 4.98 Å². The molecule has 28 heavy (non-hydrogen) atoms. The third-order valence-corrected chi connectivity index (χ3v) is 5.15. The molecule has 0 saturated carbocycles. The zero-order valence-corrected chi connectivity index (χ0v) is 15.7. The Morgan fingerprint density at radius 3 is 2.79 bits per heavy atom. The van der Waals surface area contributed by atoms with Gasteiger partial charge in [0, 0.05) is 38.5 Å². The van der Waals surface area contributed by atoms with Gasteiger partial charge in [0.05, 0.1) is 11.0 Å². The first-order valence-corrected chi connectivity index (χ1v) is 9.71. The van der Waals surface area contributed by atoms with Crippen LogP contribution in [0.15, 0.2) is 59.4 Å². The molecule has 0 radical (unpaired) electrons. The molecule has 0 bridgehead atoms. The molecule has 4 rings (SSSR count). The molecule has 2 N–H and O–H groups in total. The van der Waals surface area contributed by atoms with Crippen molar-refractivity contribution in [2.45, 2.75) is 31.8 Å². The molecule has 6 heteroatoms. The average molecular weight is 376 g/mol. The molecule has 1 aliphatic rings. The van der Waals surface area contributed by atoms with Gasteiger partial charge in [0.15, 0.2) is 0 Å². The number of hydrogen-bond donors (Lipinski definition) is 2. The van der Waals surface area contributed by atoms with Gasteiger partial charge in [0.1, 0.15) is 5.69 Å². The van der Waals surface area contributed by atoms with Crippen molar-refractivity contribution < 1.29 is 4.79 Å². The summed E-state index contributed by atoms with van der Waals surface area (Å²) in [6, 6.07) is 17.9. The van der Waals surface area contributed by atoms with Crippen molar-refractivity contribution in [3.05, 3.63) is 76.2 Å². The Kier molecular flexibility index (Phi) is 5.48.